The molecule has 5 nitrogen and oxygen atoms in total. The van der Waals surface area contributed by atoms with Crippen molar-refractivity contribution >= 4 is 18.0 Å². The Labute approximate surface area is 118 Å². The summed E-state index contributed by atoms with van der Waals surface area (Å²) in [7, 11) is 0. The lowest BCUT2D eigenvalue weighted by Crippen LogP contribution is -2.29. The number of furan rings is 1. The van der Waals surface area contributed by atoms with Crippen molar-refractivity contribution in [3.05, 3.63) is 30.2 Å². The van der Waals surface area contributed by atoms with Gasteiger partial charge < -0.3 is 14.8 Å². The molecule has 2 N–H and O–H groups in total. The van der Waals surface area contributed by atoms with E-state index in [0.29, 0.717) is 18.2 Å². The topological polar surface area (TPSA) is 79.5 Å². The van der Waals surface area contributed by atoms with Gasteiger partial charge >= 0.3 is 5.97 Å². The molecule has 0 aromatic carbocycles. The van der Waals surface area contributed by atoms with Gasteiger partial charge in [0.1, 0.15) is 5.76 Å². The van der Waals surface area contributed by atoms with Crippen LogP contribution < -0.4 is 5.32 Å². The number of carboxylic acids is 1. The second-order valence-corrected chi connectivity index (χ2v) is 5.19. The molecule has 0 bridgehead atoms. The molecule has 1 rings (SSSR count). The molecule has 0 fully saturated rings. The maximum atomic E-state index is 11.6. The van der Waals surface area contributed by atoms with E-state index in [1.165, 1.54) is 12.3 Å². The van der Waals surface area contributed by atoms with Crippen LogP contribution in [0, 0.1) is 11.8 Å². The van der Waals surface area contributed by atoms with Crippen LogP contribution >= 0.6 is 0 Å². The van der Waals surface area contributed by atoms with Gasteiger partial charge in [-0.15, -0.1) is 0 Å². The minimum atomic E-state index is -0.837. The third-order valence-corrected chi connectivity index (χ3v) is 2.78. The van der Waals surface area contributed by atoms with Gasteiger partial charge in [0.25, 0.3) is 0 Å². The quantitative estimate of drug-likeness (QED) is 0.717. The van der Waals surface area contributed by atoms with E-state index in [1.807, 2.05) is 13.8 Å². The second kappa shape index (κ2) is 8.19. The Hall–Kier alpha value is -2.04. The monoisotopic (exact) mass is 279 g/mol. The van der Waals surface area contributed by atoms with E-state index in [4.69, 9.17) is 9.52 Å². The molecule has 1 atom stereocenters. The van der Waals surface area contributed by atoms with Gasteiger partial charge in [-0.3, -0.25) is 9.59 Å². The van der Waals surface area contributed by atoms with Crippen LogP contribution in [0.15, 0.2) is 28.9 Å². The molecule has 1 unspecified atom stereocenters. The molecule has 20 heavy (non-hydrogen) atoms. The summed E-state index contributed by atoms with van der Waals surface area (Å²) in [5.41, 5.74) is 0. The first-order chi connectivity index (χ1) is 9.47. The van der Waals surface area contributed by atoms with E-state index in [2.05, 4.69) is 5.32 Å². The van der Waals surface area contributed by atoms with Crippen LogP contribution in [0.2, 0.25) is 0 Å². The van der Waals surface area contributed by atoms with Crippen molar-refractivity contribution < 1.29 is 19.1 Å². The van der Waals surface area contributed by atoms with Gasteiger partial charge in [-0.2, -0.15) is 0 Å². The first kappa shape index (κ1) is 16.0. The molecular formula is C15H21NO4. The van der Waals surface area contributed by atoms with Gasteiger partial charge in [-0.05, 0) is 36.5 Å². The lowest BCUT2D eigenvalue weighted by molar-refractivity contribution is -0.138. The molecule has 0 spiro atoms. The Morgan fingerprint density at radius 2 is 2.20 bits per heavy atom. The zero-order valence-corrected chi connectivity index (χ0v) is 11.8. The summed E-state index contributed by atoms with van der Waals surface area (Å²) < 4.78 is 5.07. The summed E-state index contributed by atoms with van der Waals surface area (Å²) >= 11 is 0. The molecule has 0 radical (unpaired) electrons. The predicted octanol–water partition coefficient (Wildman–Crippen LogP) is 2.55. The Balaban J connectivity index is 2.41. The maximum Gasteiger partial charge on any atom is 0.303 e. The number of carbonyl (C=O) groups excluding carboxylic acids is 1. The van der Waals surface area contributed by atoms with E-state index < -0.39 is 5.97 Å². The minimum Gasteiger partial charge on any atom is -0.481 e. The van der Waals surface area contributed by atoms with Gasteiger partial charge in [-0.25, -0.2) is 0 Å². The molecule has 1 aromatic heterocycles. The highest BCUT2D eigenvalue weighted by molar-refractivity contribution is 5.91. The molecule has 0 aliphatic heterocycles. The van der Waals surface area contributed by atoms with Crippen LogP contribution in [0.5, 0.6) is 0 Å². The molecule has 1 aromatic rings. The number of amides is 1. The van der Waals surface area contributed by atoms with E-state index in [1.54, 1.807) is 18.2 Å². The van der Waals surface area contributed by atoms with E-state index in [0.717, 1.165) is 6.42 Å². The molecule has 5 heteroatoms. The highest BCUT2D eigenvalue weighted by Crippen LogP contribution is 2.14. The third kappa shape index (κ3) is 6.78. The zero-order chi connectivity index (χ0) is 15.0. The van der Waals surface area contributed by atoms with Crippen LogP contribution in [0.3, 0.4) is 0 Å². The maximum absolute atomic E-state index is 11.6. The number of hydrogen-bond donors (Lipinski definition) is 2. The average molecular weight is 279 g/mol. The molecule has 0 saturated heterocycles. The molecule has 110 valence electrons. The van der Waals surface area contributed by atoms with Crippen molar-refractivity contribution in [1.29, 1.82) is 0 Å². The van der Waals surface area contributed by atoms with Crippen LogP contribution in [-0.2, 0) is 9.59 Å². The zero-order valence-electron chi connectivity index (χ0n) is 11.8. The van der Waals surface area contributed by atoms with Gasteiger partial charge in [-0.1, -0.05) is 13.8 Å². The molecule has 1 amide bonds. The van der Waals surface area contributed by atoms with Gasteiger partial charge in [0.05, 0.1) is 6.26 Å². The molecule has 0 aliphatic rings. The van der Waals surface area contributed by atoms with Crippen LogP contribution in [-0.4, -0.2) is 23.5 Å². The van der Waals surface area contributed by atoms with Crippen LogP contribution in [0.1, 0.15) is 32.4 Å². The van der Waals surface area contributed by atoms with Gasteiger partial charge in [0, 0.05) is 19.0 Å². The summed E-state index contributed by atoms with van der Waals surface area (Å²) in [5.74, 6) is -0.135. The van der Waals surface area contributed by atoms with Crippen molar-refractivity contribution in [2.75, 3.05) is 6.54 Å². The summed E-state index contributed by atoms with van der Waals surface area (Å²) in [6, 6.07) is 3.49. The lowest BCUT2D eigenvalue weighted by Gasteiger charge is -2.17. The number of aliphatic carboxylic acids is 1. The minimum absolute atomic E-state index is 0.0477. The number of carboxylic acid groups (broad SMARTS) is 1. The van der Waals surface area contributed by atoms with E-state index >= 15 is 0 Å². The SMILES string of the molecule is CC(C)CC(CNC(=O)C=Cc1ccco1)CC(=O)O. The largest absolute Gasteiger partial charge is 0.481 e. The Morgan fingerprint density at radius 1 is 1.45 bits per heavy atom. The lowest BCUT2D eigenvalue weighted by atomic mass is 9.94. The first-order valence-electron chi connectivity index (χ1n) is 6.68. The standard InChI is InChI=1S/C15H21NO4/c1-11(2)8-12(9-15(18)19)10-16-14(17)6-5-13-4-3-7-20-13/h3-7,11-12H,8-10H2,1-2H3,(H,16,17)(H,18,19). The summed E-state index contributed by atoms with van der Waals surface area (Å²) in [4.78, 5) is 22.4. The number of nitrogens with one attached hydrogen (secondary N) is 1. The molecular weight excluding hydrogens is 258 g/mol. The van der Waals surface area contributed by atoms with Crippen LogP contribution in [0.25, 0.3) is 6.08 Å². The highest BCUT2D eigenvalue weighted by Gasteiger charge is 2.15. The highest BCUT2D eigenvalue weighted by atomic mass is 16.4. The first-order valence-corrected chi connectivity index (χ1v) is 6.68. The predicted molar refractivity (Wildman–Crippen MR) is 75.9 cm³/mol. The Morgan fingerprint density at radius 3 is 2.75 bits per heavy atom. The van der Waals surface area contributed by atoms with E-state index in [-0.39, 0.29) is 18.2 Å². The molecule has 0 saturated carbocycles. The van der Waals surface area contributed by atoms with E-state index in [9.17, 15) is 9.59 Å². The number of hydrogen-bond acceptors (Lipinski definition) is 3. The fourth-order valence-corrected chi connectivity index (χ4v) is 2.00. The number of carbonyl (C=O) groups is 2. The normalized spacial score (nSPS) is 12.8. The fourth-order valence-electron chi connectivity index (χ4n) is 2.00. The Bertz CT molecular complexity index is 448. The average Bonchev–Trinajstić information content (AvgIpc) is 2.85. The summed E-state index contributed by atoms with van der Waals surface area (Å²) in [5, 5.41) is 11.6. The fraction of sp³-hybridized carbons (Fsp3) is 0.467. The third-order valence-electron chi connectivity index (χ3n) is 2.78. The van der Waals surface area contributed by atoms with Crippen molar-refractivity contribution in [3.8, 4) is 0 Å². The Kier molecular flexibility index (Phi) is 6.56. The van der Waals surface area contributed by atoms with Crippen molar-refractivity contribution in [3.63, 3.8) is 0 Å². The summed E-state index contributed by atoms with van der Waals surface area (Å²) in [6.45, 7) is 4.44. The van der Waals surface area contributed by atoms with Crippen molar-refractivity contribution in [2.24, 2.45) is 11.8 Å². The van der Waals surface area contributed by atoms with Gasteiger partial charge in [0.15, 0.2) is 0 Å². The van der Waals surface area contributed by atoms with Crippen molar-refractivity contribution in [1.82, 2.24) is 5.32 Å². The van der Waals surface area contributed by atoms with Crippen molar-refractivity contribution in [2.45, 2.75) is 26.7 Å². The van der Waals surface area contributed by atoms with Gasteiger partial charge in [0.2, 0.25) is 5.91 Å². The molecule has 1 heterocycles. The molecule has 0 aliphatic carbocycles. The smallest absolute Gasteiger partial charge is 0.303 e. The summed E-state index contributed by atoms with van der Waals surface area (Å²) in [6.07, 6.45) is 5.33. The number of rotatable bonds is 8. The second-order valence-electron chi connectivity index (χ2n) is 5.19. The van der Waals surface area contributed by atoms with Crippen LogP contribution in [0.4, 0.5) is 0 Å².